The van der Waals surface area contributed by atoms with E-state index in [1.165, 1.54) is 0 Å². The first-order valence-electron chi connectivity index (χ1n) is 10.1. The van der Waals surface area contributed by atoms with E-state index in [4.69, 9.17) is 4.74 Å². The lowest BCUT2D eigenvalue weighted by Crippen LogP contribution is -2.42. The fourth-order valence-corrected chi connectivity index (χ4v) is 3.74. The zero-order valence-electron chi connectivity index (χ0n) is 16.7. The van der Waals surface area contributed by atoms with E-state index in [1.54, 1.807) is 30.3 Å². The van der Waals surface area contributed by atoms with E-state index in [-0.39, 0.29) is 24.4 Å². The van der Waals surface area contributed by atoms with E-state index >= 15 is 0 Å². The van der Waals surface area contributed by atoms with Crippen molar-refractivity contribution in [1.29, 1.82) is 0 Å². The maximum absolute atomic E-state index is 13.3. The Bertz CT molecular complexity index is 886. The number of fused-ring (bicyclic) bond motifs is 1. The van der Waals surface area contributed by atoms with Crippen LogP contribution in [0.25, 0.3) is 10.9 Å². The normalized spacial score (nSPS) is 19.4. The number of rotatable bonds is 8. The minimum Gasteiger partial charge on any atom is -0.382 e. The number of nitrogens with one attached hydrogen (secondary N) is 2. The highest BCUT2D eigenvalue weighted by molar-refractivity contribution is 5.91. The third kappa shape index (κ3) is 5.95. The Morgan fingerprint density at radius 2 is 2.03 bits per heavy atom. The molecular weight excluding hydrogens is 395 g/mol. The molecule has 1 aliphatic rings. The van der Waals surface area contributed by atoms with E-state index < -0.39 is 11.9 Å². The number of anilines is 1. The molecule has 1 saturated carbocycles. The number of aromatic nitrogens is 1. The van der Waals surface area contributed by atoms with Crippen LogP contribution in [0.4, 0.5) is 18.9 Å². The van der Waals surface area contributed by atoms with Crippen LogP contribution in [-0.2, 0) is 15.7 Å². The molecule has 0 aliphatic heterocycles. The average molecular weight is 421 g/mol. The molecule has 30 heavy (non-hydrogen) atoms. The SMILES string of the molecule is C=CCOCCC(=O)N[C@@H]1CCC[C@H](Nc2cc(C(F)(F)F)nc3ccccc23)C1. The van der Waals surface area contributed by atoms with Gasteiger partial charge in [0, 0.05) is 29.6 Å². The number of para-hydroxylation sites is 1. The molecule has 5 nitrogen and oxygen atoms in total. The molecule has 1 fully saturated rings. The summed E-state index contributed by atoms with van der Waals surface area (Å²) >= 11 is 0. The van der Waals surface area contributed by atoms with Gasteiger partial charge >= 0.3 is 6.18 Å². The van der Waals surface area contributed by atoms with Crippen molar-refractivity contribution >= 4 is 22.5 Å². The van der Waals surface area contributed by atoms with E-state index in [1.807, 2.05) is 0 Å². The Balaban J connectivity index is 1.66. The maximum Gasteiger partial charge on any atom is 0.433 e. The van der Waals surface area contributed by atoms with Crippen molar-refractivity contribution in [3.8, 4) is 0 Å². The molecule has 0 radical (unpaired) electrons. The molecule has 0 saturated heterocycles. The number of ether oxygens (including phenoxy) is 1. The molecule has 2 atom stereocenters. The molecular formula is C22H26F3N3O2. The highest BCUT2D eigenvalue weighted by Crippen LogP contribution is 2.34. The quantitative estimate of drug-likeness (QED) is 0.480. The van der Waals surface area contributed by atoms with E-state index in [0.717, 1.165) is 25.3 Å². The first kappa shape index (κ1) is 22.1. The predicted molar refractivity (Wildman–Crippen MR) is 110 cm³/mol. The first-order valence-corrected chi connectivity index (χ1v) is 10.1. The molecule has 0 spiro atoms. The van der Waals surface area contributed by atoms with Crippen LogP contribution in [0, 0.1) is 0 Å². The van der Waals surface area contributed by atoms with Crippen molar-refractivity contribution in [2.45, 2.75) is 50.4 Å². The lowest BCUT2D eigenvalue weighted by Gasteiger charge is -2.31. The molecule has 1 aromatic heterocycles. The van der Waals surface area contributed by atoms with Gasteiger partial charge in [-0.05, 0) is 37.8 Å². The van der Waals surface area contributed by atoms with Crippen LogP contribution in [0.2, 0.25) is 0 Å². The molecule has 162 valence electrons. The van der Waals surface area contributed by atoms with Gasteiger partial charge < -0.3 is 15.4 Å². The van der Waals surface area contributed by atoms with Crippen LogP contribution in [0.3, 0.4) is 0 Å². The molecule has 0 unspecified atom stereocenters. The predicted octanol–water partition coefficient (Wildman–Crippen LogP) is 4.69. The minimum atomic E-state index is -4.52. The van der Waals surface area contributed by atoms with Gasteiger partial charge in [0.1, 0.15) is 5.69 Å². The molecule has 1 aromatic carbocycles. The zero-order chi connectivity index (χ0) is 21.6. The van der Waals surface area contributed by atoms with E-state index in [2.05, 4.69) is 22.2 Å². The Morgan fingerprint density at radius 3 is 2.80 bits per heavy atom. The van der Waals surface area contributed by atoms with Crippen LogP contribution >= 0.6 is 0 Å². The molecule has 3 rings (SSSR count). The summed E-state index contributed by atoms with van der Waals surface area (Å²) in [6.07, 6.45) is 0.586. The minimum absolute atomic E-state index is 0.0154. The number of alkyl halides is 3. The second-order valence-corrected chi connectivity index (χ2v) is 7.46. The van der Waals surface area contributed by atoms with Gasteiger partial charge in [0.25, 0.3) is 0 Å². The number of pyridine rings is 1. The lowest BCUT2D eigenvalue weighted by atomic mass is 9.90. The summed E-state index contributed by atoms with van der Waals surface area (Å²) < 4.78 is 45.1. The van der Waals surface area contributed by atoms with Crippen molar-refractivity contribution in [1.82, 2.24) is 10.3 Å². The third-order valence-electron chi connectivity index (χ3n) is 5.11. The van der Waals surface area contributed by atoms with E-state index in [9.17, 15) is 18.0 Å². The second kappa shape index (κ2) is 9.93. The van der Waals surface area contributed by atoms with Gasteiger partial charge in [-0.15, -0.1) is 6.58 Å². The second-order valence-electron chi connectivity index (χ2n) is 7.46. The Morgan fingerprint density at radius 1 is 1.27 bits per heavy atom. The summed E-state index contributed by atoms with van der Waals surface area (Å²) in [6.45, 7) is 4.29. The molecule has 1 amide bonds. The molecule has 2 aromatic rings. The monoisotopic (exact) mass is 421 g/mol. The Labute approximate surface area is 173 Å². The highest BCUT2D eigenvalue weighted by Gasteiger charge is 2.34. The summed E-state index contributed by atoms with van der Waals surface area (Å²) in [4.78, 5) is 15.9. The number of carbonyl (C=O) groups excluding carboxylic acids is 1. The topological polar surface area (TPSA) is 63.2 Å². The van der Waals surface area contributed by atoms with Crippen LogP contribution in [0.1, 0.15) is 37.8 Å². The van der Waals surface area contributed by atoms with Crippen LogP contribution in [0.15, 0.2) is 43.0 Å². The van der Waals surface area contributed by atoms with Gasteiger partial charge in [-0.1, -0.05) is 24.3 Å². The number of carbonyl (C=O) groups is 1. The van der Waals surface area contributed by atoms with Crippen molar-refractivity contribution in [2.24, 2.45) is 0 Å². The molecule has 1 aliphatic carbocycles. The molecule has 1 heterocycles. The summed E-state index contributed by atoms with van der Waals surface area (Å²) in [7, 11) is 0. The zero-order valence-corrected chi connectivity index (χ0v) is 16.7. The van der Waals surface area contributed by atoms with Crippen LogP contribution in [-0.4, -0.2) is 36.2 Å². The van der Waals surface area contributed by atoms with Gasteiger partial charge in [-0.3, -0.25) is 4.79 Å². The molecule has 8 heteroatoms. The number of halogens is 3. The van der Waals surface area contributed by atoms with Gasteiger partial charge in [-0.2, -0.15) is 13.2 Å². The van der Waals surface area contributed by atoms with Gasteiger partial charge in [0.05, 0.1) is 18.7 Å². The number of hydrogen-bond acceptors (Lipinski definition) is 4. The highest BCUT2D eigenvalue weighted by atomic mass is 19.4. The first-order chi connectivity index (χ1) is 14.4. The van der Waals surface area contributed by atoms with Crippen molar-refractivity contribution in [3.63, 3.8) is 0 Å². The molecule has 0 bridgehead atoms. The maximum atomic E-state index is 13.3. The van der Waals surface area contributed by atoms with Crippen molar-refractivity contribution in [3.05, 3.63) is 48.7 Å². The number of nitrogens with zero attached hydrogens (tertiary/aromatic N) is 1. The Kier molecular flexibility index (Phi) is 7.31. The van der Waals surface area contributed by atoms with Gasteiger partial charge in [0.2, 0.25) is 5.91 Å². The molecule has 2 N–H and O–H groups in total. The summed E-state index contributed by atoms with van der Waals surface area (Å²) in [5, 5.41) is 6.93. The smallest absolute Gasteiger partial charge is 0.382 e. The number of hydrogen-bond donors (Lipinski definition) is 2. The van der Waals surface area contributed by atoms with Gasteiger partial charge in [0.15, 0.2) is 0 Å². The number of benzene rings is 1. The fourth-order valence-electron chi connectivity index (χ4n) is 3.74. The summed E-state index contributed by atoms with van der Waals surface area (Å²) in [5.74, 6) is -0.0848. The van der Waals surface area contributed by atoms with Crippen molar-refractivity contribution < 1.29 is 22.7 Å². The van der Waals surface area contributed by atoms with E-state index in [0.29, 0.717) is 36.2 Å². The summed E-state index contributed by atoms with van der Waals surface area (Å²) in [6, 6.07) is 7.81. The van der Waals surface area contributed by atoms with Crippen LogP contribution in [0.5, 0.6) is 0 Å². The largest absolute Gasteiger partial charge is 0.433 e. The fraction of sp³-hybridized carbons (Fsp3) is 0.455. The number of amides is 1. The van der Waals surface area contributed by atoms with Crippen molar-refractivity contribution in [2.75, 3.05) is 18.5 Å². The van der Waals surface area contributed by atoms with Gasteiger partial charge in [-0.25, -0.2) is 4.98 Å². The third-order valence-corrected chi connectivity index (χ3v) is 5.11. The summed E-state index contributed by atoms with van der Waals surface area (Å²) in [5.41, 5.74) is -0.193. The standard InChI is InChI=1S/C22H26F3N3O2/c1-2-11-30-12-10-21(29)27-16-7-5-6-15(13-16)26-19-14-20(22(23,24)25)28-18-9-4-3-8-17(18)19/h2-4,8-9,14-16H,1,5-7,10-13H2,(H,26,28)(H,27,29)/t15-,16+/m0/s1. The Hall–Kier alpha value is -2.61. The van der Waals surface area contributed by atoms with Crippen LogP contribution < -0.4 is 10.6 Å². The average Bonchev–Trinajstić information content (AvgIpc) is 2.71. The lowest BCUT2D eigenvalue weighted by molar-refractivity contribution is -0.140.